The first-order chi connectivity index (χ1) is 8.79. The van der Waals surface area contributed by atoms with Crippen molar-refractivity contribution in [2.75, 3.05) is 12.4 Å². The molecule has 1 aromatic carbocycles. The fourth-order valence-corrected chi connectivity index (χ4v) is 3.34. The molecule has 0 N–H and O–H groups in total. The average molecular weight is 277 g/mol. The van der Waals surface area contributed by atoms with Gasteiger partial charge in [0.1, 0.15) is 12.4 Å². The Morgan fingerprint density at radius 2 is 2.22 bits per heavy atom. The van der Waals surface area contributed by atoms with E-state index in [0.717, 1.165) is 4.21 Å². The lowest BCUT2D eigenvalue weighted by molar-refractivity contribution is 0.342. The van der Waals surface area contributed by atoms with E-state index in [0.29, 0.717) is 23.7 Å². The van der Waals surface area contributed by atoms with Gasteiger partial charge in [-0.05, 0) is 29.6 Å². The summed E-state index contributed by atoms with van der Waals surface area (Å²) >= 11 is 1.48. The summed E-state index contributed by atoms with van der Waals surface area (Å²) in [5.74, 6) is 1.09. The van der Waals surface area contributed by atoms with Gasteiger partial charge in [-0.1, -0.05) is 12.1 Å². The van der Waals surface area contributed by atoms with Crippen LogP contribution in [-0.2, 0) is 10.8 Å². The van der Waals surface area contributed by atoms with Crippen LogP contribution in [0.15, 0.2) is 46.0 Å². The number of benzene rings is 1. The molecule has 0 aliphatic rings. The number of thiophene rings is 1. The second-order valence-corrected chi connectivity index (χ2v) is 6.22. The standard InChI is InChI=1S/C13H11NO2S2/c14-10-11-3-1-4-12(9-11)16-6-8-18(15)13-5-2-7-17-13/h1-5,7,9H,6,8H2. The summed E-state index contributed by atoms with van der Waals surface area (Å²) in [5, 5.41) is 10.7. The molecule has 0 spiro atoms. The van der Waals surface area contributed by atoms with Crippen molar-refractivity contribution in [1.82, 2.24) is 0 Å². The zero-order valence-electron chi connectivity index (χ0n) is 9.54. The van der Waals surface area contributed by atoms with Gasteiger partial charge >= 0.3 is 0 Å². The second-order valence-electron chi connectivity index (χ2n) is 3.47. The van der Waals surface area contributed by atoms with E-state index in [4.69, 9.17) is 10.00 Å². The minimum Gasteiger partial charge on any atom is -0.493 e. The highest BCUT2D eigenvalue weighted by molar-refractivity contribution is 7.87. The van der Waals surface area contributed by atoms with E-state index >= 15 is 0 Å². The van der Waals surface area contributed by atoms with Gasteiger partial charge in [0.2, 0.25) is 0 Å². The molecular weight excluding hydrogens is 266 g/mol. The summed E-state index contributed by atoms with van der Waals surface area (Å²) in [7, 11) is -1.00. The highest BCUT2D eigenvalue weighted by atomic mass is 32.2. The molecule has 18 heavy (non-hydrogen) atoms. The Labute approximate surface area is 112 Å². The first-order valence-corrected chi connectivity index (χ1v) is 7.54. The molecule has 0 saturated carbocycles. The molecule has 1 heterocycles. The van der Waals surface area contributed by atoms with E-state index in [1.54, 1.807) is 24.3 Å². The maximum absolute atomic E-state index is 11.8. The fraction of sp³-hybridized carbons (Fsp3) is 0.154. The topological polar surface area (TPSA) is 50.1 Å². The summed E-state index contributed by atoms with van der Waals surface area (Å²) in [5.41, 5.74) is 0.562. The van der Waals surface area contributed by atoms with Gasteiger partial charge in [-0.25, -0.2) is 0 Å². The third kappa shape index (κ3) is 3.42. The van der Waals surface area contributed by atoms with E-state index in [2.05, 4.69) is 6.07 Å². The van der Waals surface area contributed by atoms with Crippen molar-refractivity contribution in [3.63, 3.8) is 0 Å². The van der Waals surface area contributed by atoms with Crippen LogP contribution < -0.4 is 4.74 Å². The van der Waals surface area contributed by atoms with Crippen LogP contribution in [0, 0.1) is 11.3 Å². The maximum atomic E-state index is 11.8. The van der Waals surface area contributed by atoms with Gasteiger partial charge in [0.05, 0.1) is 32.4 Å². The molecular formula is C13H11NO2S2. The van der Waals surface area contributed by atoms with Crippen LogP contribution in [0.5, 0.6) is 5.75 Å². The lowest BCUT2D eigenvalue weighted by atomic mass is 10.2. The molecule has 2 rings (SSSR count). The first-order valence-electron chi connectivity index (χ1n) is 5.34. The molecule has 1 aromatic heterocycles. The largest absolute Gasteiger partial charge is 0.493 e. The van der Waals surface area contributed by atoms with Crippen LogP contribution in [0.2, 0.25) is 0 Å². The quantitative estimate of drug-likeness (QED) is 0.844. The van der Waals surface area contributed by atoms with E-state index in [1.807, 2.05) is 17.5 Å². The number of hydrogen-bond acceptors (Lipinski definition) is 4. The lowest BCUT2D eigenvalue weighted by Crippen LogP contribution is -2.07. The monoisotopic (exact) mass is 277 g/mol. The van der Waals surface area contributed by atoms with Crippen molar-refractivity contribution in [1.29, 1.82) is 5.26 Å². The summed E-state index contributed by atoms with van der Waals surface area (Å²) < 4.78 is 18.2. The molecule has 3 nitrogen and oxygen atoms in total. The molecule has 0 aliphatic carbocycles. The number of ether oxygens (including phenoxy) is 1. The minimum absolute atomic E-state index is 0.374. The Kier molecular flexibility index (Phi) is 4.51. The molecule has 5 heteroatoms. The van der Waals surface area contributed by atoms with Gasteiger partial charge in [0.25, 0.3) is 0 Å². The smallest absolute Gasteiger partial charge is 0.120 e. The summed E-state index contributed by atoms with van der Waals surface area (Å²) in [6.45, 7) is 0.374. The molecule has 0 saturated heterocycles. The van der Waals surface area contributed by atoms with Crippen molar-refractivity contribution in [2.45, 2.75) is 4.21 Å². The Hall–Kier alpha value is -1.64. The Morgan fingerprint density at radius 3 is 2.94 bits per heavy atom. The Morgan fingerprint density at radius 1 is 1.33 bits per heavy atom. The van der Waals surface area contributed by atoms with E-state index < -0.39 is 10.8 Å². The summed E-state index contributed by atoms with van der Waals surface area (Å²) in [6, 6.07) is 12.7. The fourth-order valence-electron chi connectivity index (χ4n) is 1.38. The molecule has 0 aliphatic heterocycles. The highest BCUT2D eigenvalue weighted by Crippen LogP contribution is 2.15. The van der Waals surface area contributed by atoms with Crippen molar-refractivity contribution in [2.24, 2.45) is 0 Å². The van der Waals surface area contributed by atoms with Crippen molar-refractivity contribution < 1.29 is 8.95 Å². The van der Waals surface area contributed by atoms with Crippen molar-refractivity contribution in [3.8, 4) is 11.8 Å². The predicted molar refractivity (Wildman–Crippen MR) is 72.2 cm³/mol. The summed E-state index contributed by atoms with van der Waals surface area (Å²) in [4.78, 5) is 0. The molecule has 2 aromatic rings. The number of nitrogens with zero attached hydrogens (tertiary/aromatic N) is 1. The van der Waals surface area contributed by atoms with Gasteiger partial charge in [0, 0.05) is 0 Å². The van der Waals surface area contributed by atoms with Gasteiger partial charge in [-0.3, -0.25) is 4.21 Å². The van der Waals surface area contributed by atoms with Gasteiger partial charge in [-0.15, -0.1) is 11.3 Å². The van der Waals surface area contributed by atoms with Crippen molar-refractivity contribution in [3.05, 3.63) is 47.3 Å². The molecule has 0 radical (unpaired) electrons. The van der Waals surface area contributed by atoms with Crippen molar-refractivity contribution >= 4 is 22.1 Å². The van der Waals surface area contributed by atoms with Gasteiger partial charge < -0.3 is 4.74 Å². The Balaban J connectivity index is 1.85. The second kappa shape index (κ2) is 6.34. The maximum Gasteiger partial charge on any atom is 0.120 e. The van der Waals surface area contributed by atoms with E-state index in [1.165, 1.54) is 11.3 Å². The molecule has 92 valence electrons. The minimum atomic E-state index is -1.00. The van der Waals surface area contributed by atoms with Crippen LogP contribution in [0.3, 0.4) is 0 Å². The van der Waals surface area contributed by atoms with E-state index in [9.17, 15) is 4.21 Å². The SMILES string of the molecule is N#Cc1cccc(OCCS(=O)c2cccs2)c1. The van der Waals surface area contributed by atoms with Crippen LogP contribution in [0.4, 0.5) is 0 Å². The van der Waals surface area contributed by atoms with Gasteiger partial charge in [-0.2, -0.15) is 5.26 Å². The zero-order chi connectivity index (χ0) is 12.8. The normalized spacial score (nSPS) is 11.7. The average Bonchev–Trinajstić information content (AvgIpc) is 2.93. The van der Waals surface area contributed by atoms with Crippen LogP contribution in [-0.4, -0.2) is 16.6 Å². The third-order valence-electron chi connectivity index (χ3n) is 2.22. The van der Waals surface area contributed by atoms with Crippen LogP contribution in [0.1, 0.15) is 5.56 Å². The zero-order valence-corrected chi connectivity index (χ0v) is 11.2. The number of hydrogen-bond donors (Lipinski definition) is 0. The lowest BCUT2D eigenvalue weighted by Gasteiger charge is -2.05. The molecule has 0 fully saturated rings. The van der Waals surface area contributed by atoms with Crippen LogP contribution in [0.25, 0.3) is 0 Å². The number of rotatable bonds is 5. The molecule has 0 amide bonds. The summed E-state index contributed by atoms with van der Waals surface area (Å²) in [6.07, 6.45) is 0. The molecule has 1 unspecified atom stereocenters. The Bertz CT molecular complexity index is 573. The molecule has 0 bridgehead atoms. The predicted octanol–water partition coefficient (Wildman–Crippen LogP) is 2.81. The highest BCUT2D eigenvalue weighted by Gasteiger charge is 2.05. The van der Waals surface area contributed by atoms with E-state index in [-0.39, 0.29) is 0 Å². The van der Waals surface area contributed by atoms with Gasteiger partial charge in [0.15, 0.2) is 0 Å². The first kappa shape index (κ1) is 12.8. The third-order valence-corrected chi connectivity index (χ3v) is 4.85. The molecule has 1 atom stereocenters. The number of nitriles is 1. The van der Waals surface area contributed by atoms with Crippen LogP contribution >= 0.6 is 11.3 Å².